The number of carbonyl (C=O) groups excluding carboxylic acids is 4. The van der Waals surface area contributed by atoms with E-state index >= 15 is 0 Å². The van der Waals surface area contributed by atoms with Gasteiger partial charge in [-0.2, -0.15) is 0 Å². The second-order valence-electron chi connectivity index (χ2n) is 32.6. The summed E-state index contributed by atoms with van der Waals surface area (Å²) < 4.78 is 68.9. The van der Waals surface area contributed by atoms with E-state index < -0.39 is 97.5 Å². The molecular formula is C88H172O17P2. The van der Waals surface area contributed by atoms with Crippen molar-refractivity contribution in [1.29, 1.82) is 0 Å². The Morgan fingerprint density at radius 2 is 0.430 bits per heavy atom. The fraction of sp³-hybridized carbons (Fsp3) is 0.955. The van der Waals surface area contributed by atoms with Gasteiger partial charge in [0, 0.05) is 25.7 Å². The van der Waals surface area contributed by atoms with Crippen LogP contribution in [0.15, 0.2) is 0 Å². The first-order chi connectivity index (χ1) is 51.9. The molecule has 3 N–H and O–H groups in total. The molecule has 0 rings (SSSR count). The van der Waals surface area contributed by atoms with Crippen molar-refractivity contribution in [2.75, 3.05) is 39.6 Å². The lowest BCUT2D eigenvalue weighted by Gasteiger charge is -2.21. The van der Waals surface area contributed by atoms with Crippen LogP contribution in [0.3, 0.4) is 0 Å². The molecule has 5 atom stereocenters. The van der Waals surface area contributed by atoms with Gasteiger partial charge in [-0.1, -0.05) is 420 Å². The molecule has 0 amide bonds. The van der Waals surface area contributed by atoms with E-state index in [2.05, 4.69) is 41.5 Å². The van der Waals surface area contributed by atoms with Gasteiger partial charge < -0.3 is 33.8 Å². The lowest BCUT2D eigenvalue weighted by molar-refractivity contribution is -0.161. The number of ether oxygens (including phenoxy) is 4. The highest BCUT2D eigenvalue weighted by atomic mass is 31.2. The first-order valence-corrected chi connectivity index (χ1v) is 48.5. The molecule has 0 aromatic rings. The molecule has 636 valence electrons. The molecule has 19 heteroatoms. The summed E-state index contributed by atoms with van der Waals surface area (Å²) >= 11 is 0. The van der Waals surface area contributed by atoms with Crippen LogP contribution < -0.4 is 0 Å². The number of aliphatic hydroxyl groups excluding tert-OH is 1. The van der Waals surface area contributed by atoms with Crippen LogP contribution in [0.25, 0.3) is 0 Å². The van der Waals surface area contributed by atoms with Crippen molar-refractivity contribution in [1.82, 2.24) is 0 Å². The molecule has 107 heavy (non-hydrogen) atoms. The summed E-state index contributed by atoms with van der Waals surface area (Å²) in [6.07, 6.45) is 72.4. The number of esters is 4. The zero-order valence-corrected chi connectivity index (χ0v) is 72.2. The second-order valence-corrected chi connectivity index (χ2v) is 35.5. The fourth-order valence-electron chi connectivity index (χ4n) is 13.8. The van der Waals surface area contributed by atoms with Crippen LogP contribution in [0.1, 0.15) is 472 Å². The maximum atomic E-state index is 13.2. The third-order valence-corrected chi connectivity index (χ3v) is 22.6. The van der Waals surface area contributed by atoms with Gasteiger partial charge in [-0.15, -0.1) is 0 Å². The number of carbonyl (C=O) groups is 4. The Labute approximate surface area is 658 Å². The molecule has 0 heterocycles. The van der Waals surface area contributed by atoms with E-state index in [9.17, 15) is 43.2 Å². The normalized spacial score (nSPS) is 13.8. The number of phosphoric ester groups is 2. The molecule has 0 aliphatic rings. The molecule has 0 bridgehead atoms. The fourth-order valence-corrected chi connectivity index (χ4v) is 15.4. The van der Waals surface area contributed by atoms with E-state index in [1.807, 2.05) is 0 Å². The van der Waals surface area contributed by atoms with Gasteiger partial charge >= 0.3 is 39.5 Å². The van der Waals surface area contributed by atoms with Crippen LogP contribution in [0.5, 0.6) is 0 Å². The van der Waals surface area contributed by atoms with E-state index in [1.54, 1.807) is 0 Å². The average Bonchev–Trinajstić information content (AvgIpc) is 0.900. The Bertz CT molecular complexity index is 2050. The van der Waals surface area contributed by atoms with Crippen molar-refractivity contribution in [2.24, 2.45) is 11.8 Å². The Morgan fingerprint density at radius 3 is 0.636 bits per heavy atom. The molecule has 0 aromatic heterocycles. The number of aliphatic hydroxyl groups is 1. The van der Waals surface area contributed by atoms with Gasteiger partial charge in [0.25, 0.3) is 0 Å². The lowest BCUT2D eigenvalue weighted by Crippen LogP contribution is -2.30. The summed E-state index contributed by atoms with van der Waals surface area (Å²) in [4.78, 5) is 73.3. The Hall–Kier alpha value is -1.94. The van der Waals surface area contributed by atoms with Crippen molar-refractivity contribution in [3.05, 3.63) is 0 Å². The summed E-state index contributed by atoms with van der Waals surface area (Å²) in [5, 5.41) is 10.7. The molecule has 0 saturated heterocycles. The van der Waals surface area contributed by atoms with Crippen molar-refractivity contribution in [3.8, 4) is 0 Å². The Morgan fingerprint density at radius 1 is 0.252 bits per heavy atom. The van der Waals surface area contributed by atoms with Gasteiger partial charge in [0.1, 0.15) is 19.3 Å². The third-order valence-electron chi connectivity index (χ3n) is 20.7. The second kappa shape index (κ2) is 79.3. The third kappa shape index (κ3) is 81.9. The maximum absolute atomic E-state index is 13.2. The highest BCUT2D eigenvalue weighted by molar-refractivity contribution is 7.47. The van der Waals surface area contributed by atoms with E-state index in [4.69, 9.17) is 37.0 Å². The molecule has 0 aromatic carbocycles. The predicted molar refractivity (Wildman–Crippen MR) is 442 cm³/mol. The monoisotopic (exact) mass is 1560 g/mol. The Balaban J connectivity index is 5.22. The van der Waals surface area contributed by atoms with Crippen molar-refractivity contribution in [3.63, 3.8) is 0 Å². The van der Waals surface area contributed by atoms with Gasteiger partial charge in [-0.05, 0) is 37.5 Å². The molecule has 0 saturated carbocycles. The first kappa shape index (κ1) is 105. The van der Waals surface area contributed by atoms with E-state index in [0.29, 0.717) is 25.7 Å². The summed E-state index contributed by atoms with van der Waals surface area (Å²) in [7, 11) is -9.93. The van der Waals surface area contributed by atoms with Crippen LogP contribution in [0.2, 0.25) is 0 Å². The number of rotatable bonds is 87. The van der Waals surface area contributed by atoms with Gasteiger partial charge in [0.05, 0.1) is 26.4 Å². The van der Waals surface area contributed by atoms with Gasteiger partial charge in [-0.3, -0.25) is 37.3 Å². The summed E-state index contributed by atoms with van der Waals surface area (Å²) in [6, 6.07) is 0. The maximum Gasteiger partial charge on any atom is 0.472 e. The smallest absolute Gasteiger partial charge is 0.462 e. The van der Waals surface area contributed by atoms with Gasteiger partial charge in [0.15, 0.2) is 12.2 Å². The van der Waals surface area contributed by atoms with Crippen LogP contribution in [0, 0.1) is 11.8 Å². The number of hydrogen-bond acceptors (Lipinski definition) is 15. The van der Waals surface area contributed by atoms with Gasteiger partial charge in [0.2, 0.25) is 0 Å². The number of unbranched alkanes of at least 4 members (excludes halogenated alkanes) is 57. The van der Waals surface area contributed by atoms with Crippen molar-refractivity contribution < 1.29 is 80.2 Å². The van der Waals surface area contributed by atoms with Crippen LogP contribution in [-0.4, -0.2) is 96.7 Å². The number of hydrogen-bond donors (Lipinski definition) is 3. The first-order valence-electron chi connectivity index (χ1n) is 45.5. The Kier molecular flexibility index (Phi) is 77.9. The van der Waals surface area contributed by atoms with Crippen LogP contribution >= 0.6 is 15.6 Å². The zero-order valence-electron chi connectivity index (χ0n) is 70.5. The van der Waals surface area contributed by atoms with Crippen molar-refractivity contribution in [2.45, 2.75) is 490 Å². The summed E-state index contributed by atoms with van der Waals surface area (Å²) in [6.45, 7) is 9.64. The SMILES string of the molecule is CCCCCCCCCCCCCCCCCCCCCCCCC(=O)O[C@H](COC(=O)CCCCCCCCCCCCCCCCCCCCCC)COP(=O)(O)OC[C@@H](O)COP(=O)(O)OC[C@@H](COC(=O)CCCCCCCCCCCC(C)C)OC(=O)CCCCCCCCCCCCC(C)C. The number of phosphoric acid groups is 2. The van der Waals surface area contributed by atoms with Crippen molar-refractivity contribution >= 4 is 39.5 Å². The zero-order chi connectivity index (χ0) is 78.5. The minimum atomic E-state index is -4.97. The quantitative estimate of drug-likeness (QED) is 0.0222. The minimum Gasteiger partial charge on any atom is -0.462 e. The van der Waals surface area contributed by atoms with Gasteiger partial charge in [-0.25, -0.2) is 9.13 Å². The highest BCUT2D eigenvalue weighted by Gasteiger charge is 2.30. The summed E-state index contributed by atoms with van der Waals surface area (Å²) in [5.74, 6) is -0.607. The van der Waals surface area contributed by atoms with E-state index in [0.717, 1.165) is 102 Å². The molecule has 17 nitrogen and oxygen atoms in total. The molecule has 0 spiro atoms. The molecular weight excluding hydrogens is 1390 g/mol. The van der Waals surface area contributed by atoms with E-state index in [-0.39, 0.29) is 25.7 Å². The highest BCUT2D eigenvalue weighted by Crippen LogP contribution is 2.45. The summed E-state index contributed by atoms with van der Waals surface area (Å²) in [5.41, 5.74) is 0. The average molecular weight is 1560 g/mol. The lowest BCUT2D eigenvalue weighted by atomic mass is 10.0. The molecule has 0 aliphatic carbocycles. The molecule has 0 aliphatic heterocycles. The molecule has 0 fully saturated rings. The van der Waals surface area contributed by atoms with Crippen LogP contribution in [-0.2, 0) is 65.4 Å². The largest absolute Gasteiger partial charge is 0.472 e. The van der Waals surface area contributed by atoms with Crippen LogP contribution in [0.4, 0.5) is 0 Å². The molecule has 0 radical (unpaired) electrons. The molecule has 2 unspecified atom stereocenters. The standard InChI is InChI=1S/C88H172O17P2/c1-7-9-11-13-15-17-19-21-23-25-27-29-30-32-34-36-38-40-47-54-60-66-72-87(92)104-83(76-98-85(90)70-64-58-52-46-39-37-35-33-31-28-26-24-22-20-18-16-14-12-10-8-2)78-102-106(94,95)100-74-82(89)75-101-107(96,97)103-79-84(77-99-86(91)71-65-59-53-49-43-45-51-57-63-69-81(5)6)105-88(93)73-67-61-55-48-42-41-44-50-56-62-68-80(3)4/h80-84,89H,7-79H2,1-6H3,(H,94,95)(H,96,97)/t82-,83-,84-/m1/s1. The minimum absolute atomic E-state index is 0.106. The predicted octanol–water partition coefficient (Wildman–Crippen LogP) is 27.0. The van der Waals surface area contributed by atoms with E-state index in [1.165, 1.54) is 289 Å². The topological polar surface area (TPSA) is 237 Å².